The van der Waals surface area contributed by atoms with Gasteiger partial charge in [0.05, 0.1) is 6.61 Å². The van der Waals surface area contributed by atoms with Crippen molar-refractivity contribution >= 4 is 11.9 Å². The fourth-order valence-corrected chi connectivity index (χ4v) is 8.31. The van der Waals surface area contributed by atoms with Gasteiger partial charge in [0.1, 0.15) is 6.61 Å². The van der Waals surface area contributed by atoms with Crippen molar-refractivity contribution in [2.75, 3.05) is 13.2 Å². The van der Waals surface area contributed by atoms with E-state index in [-0.39, 0.29) is 25.2 Å². The second-order valence-corrected chi connectivity index (χ2v) is 19.0. The Hall–Kier alpha value is -2.14. The standard InChI is InChI=1S/C59H108O5/c1-3-5-7-9-11-13-15-16-17-18-19-20-21-22-23-24-25-26-27-28-29-30-31-32-33-34-35-36-37-38-39-40-41-42-44-46-48-50-52-54-59(62)64-57(55-60)56-63-58(61)53-51-49-47-45-43-14-12-10-8-6-4-2/h10,12,15-16,18-19,21-22,57,60H,3-9,11,13-14,17,20,23-56H2,1-2H3/b12-10-,16-15-,19-18-,22-21-. The van der Waals surface area contributed by atoms with Crippen molar-refractivity contribution in [3.05, 3.63) is 48.6 Å². The van der Waals surface area contributed by atoms with E-state index < -0.39 is 6.10 Å². The van der Waals surface area contributed by atoms with Gasteiger partial charge in [-0.3, -0.25) is 9.59 Å². The summed E-state index contributed by atoms with van der Waals surface area (Å²) in [5.41, 5.74) is 0. The molecule has 0 aromatic carbocycles. The Kier molecular flexibility index (Phi) is 53.3. The smallest absolute Gasteiger partial charge is 0.306 e. The molecule has 0 aromatic rings. The molecular weight excluding hydrogens is 789 g/mol. The van der Waals surface area contributed by atoms with Crippen molar-refractivity contribution in [1.82, 2.24) is 0 Å². The Morgan fingerprint density at radius 1 is 0.359 bits per heavy atom. The minimum Gasteiger partial charge on any atom is -0.462 e. The fourth-order valence-electron chi connectivity index (χ4n) is 8.31. The van der Waals surface area contributed by atoms with Crippen molar-refractivity contribution in [3.8, 4) is 0 Å². The Morgan fingerprint density at radius 3 is 1.00 bits per heavy atom. The van der Waals surface area contributed by atoms with Crippen LogP contribution < -0.4 is 0 Å². The molecule has 0 saturated carbocycles. The minimum atomic E-state index is -0.772. The molecule has 1 atom stereocenters. The zero-order chi connectivity index (χ0) is 46.3. The van der Waals surface area contributed by atoms with E-state index in [1.807, 2.05) is 0 Å². The van der Waals surface area contributed by atoms with Crippen molar-refractivity contribution in [2.45, 2.75) is 302 Å². The lowest BCUT2D eigenvalue weighted by Gasteiger charge is -2.15. The van der Waals surface area contributed by atoms with Crippen molar-refractivity contribution < 1.29 is 24.2 Å². The SMILES string of the molecule is CCCC/C=C\CCCCCCCC(=O)OCC(CO)OC(=O)CCCCCCCCCCCCCCCCCCCCCCCCCC/C=C\C/C=C\C/C=C\CCCCCCC. The van der Waals surface area contributed by atoms with Gasteiger partial charge in [-0.05, 0) is 70.6 Å². The molecule has 1 unspecified atom stereocenters. The molecule has 5 heteroatoms. The van der Waals surface area contributed by atoms with E-state index in [9.17, 15) is 14.7 Å². The van der Waals surface area contributed by atoms with Crippen LogP contribution in [0.4, 0.5) is 0 Å². The van der Waals surface area contributed by atoms with Gasteiger partial charge in [0.15, 0.2) is 6.10 Å². The fraction of sp³-hybridized carbons (Fsp3) is 0.831. The van der Waals surface area contributed by atoms with Gasteiger partial charge in [-0.15, -0.1) is 0 Å². The van der Waals surface area contributed by atoms with E-state index in [0.717, 1.165) is 57.8 Å². The van der Waals surface area contributed by atoms with Crippen molar-refractivity contribution in [3.63, 3.8) is 0 Å². The number of allylic oxidation sites excluding steroid dienone is 8. The summed E-state index contributed by atoms with van der Waals surface area (Å²) in [6.45, 7) is 4.10. The Balaban J connectivity index is 3.37. The molecule has 64 heavy (non-hydrogen) atoms. The van der Waals surface area contributed by atoms with Gasteiger partial charge in [-0.2, -0.15) is 0 Å². The molecule has 0 aliphatic heterocycles. The van der Waals surface area contributed by atoms with Crippen LogP contribution in [0.25, 0.3) is 0 Å². The summed E-state index contributed by atoms with van der Waals surface area (Å²) in [6, 6.07) is 0. The molecule has 0 heterocycles. The summed E-state index contributed by atoms with van der Waals surface area (Å²) >= 11 is 0. The average molecular weight is 898 g/mol. The van der Waals surface area contributed by atoms with Crippen LogP contribution in [0.5, 0.6) is 0 Å². The van der Waals surface area contributed by atoms with Gasteiger partial charge in [0.25, 0.3) is 0 Å². The minimum absolute atomic E-state index is 0.0669. The lowest BCUT2D eigenvalue weighted by atomic mass is 10.0. The third-order valence-corrected chi connectivity index (χ3v) is 12.6. The first kappa shape index (κ1) is 61.9. The van der Waals surface area contributed by atoms with Crippen molar-refractivity contribution in [1.29, 1.82) is 0 Å². The molecular formula is C59H108O5. The molecule has 0 spiro atoms. The van der Waals surface area contributed by atoms with Crippen LogP contribution in [-0.4, -0.2) is 36.4 Å². The highest BCUT2D eigenvalue weighted by molar-refractivity contribution is 5.70. The third kappa shape index (κ3) is 52.5. The summed E-state index contributed by atoms with van der Waals surface area (Å²) < 4.78 is 10.6. The van der Waals surface area contributed by atoms with E-state index in [2.05, 4.69) is 62.5 Å². The van der Waals surface area contributed by atoms with E-state index in [4.69, 9.17) is 9.47 Å². The second-order valence-electron chi connectivity index (χ2n) is 19.0. The zero-order valence-corrected chi connectivity index (χ0v) is 42.8. The maximum Gasteiger partial charge on any atom is 0.306 e. The van der Waals surface area contributed by atoms with Crippen LogP contribution in [-0.2, 0) is 19.1 Å². The van der Waals surface area contributed by atoms with Crippen LogP contribution in [0.2, 0.25) is 0 Å². The van der Waals surface area contributed by atoms with Gasteiger partial charge >= 0.3 is 11.9 Å². The summed E-state index contributed by atoms with van der Waals surface area (Å²) in [7, 11) is 0. The molecule has 374 valence electrons. The number of carbonyl (C=O) groups is 2. The number of hydrogen-bond acceptors (Lipinski definition) is 5. The summed E-state index contributed by atoms with van der Waals surface area (Å²) in [5, 5.41) is 9.60. The summed E-state index contributed by atoms with van der Waals surface area (Å²) in [4.78, 5) is 24.3. The molecule has 0 saturated heterocycles. The maximum atomic E-state index is 12.3. The van der Waals surface area contributed by atoms with Gasteiger partial charge in [0.2, 0.25) is 0 Å². The summed E-state index contributed by atoms with van der Waals surface area (Å²) in [5.74, 6) is -0.591. The molecule has 0 radical (unpaired) electrons. The molecule has 0 aliphatic carbocycles. The first-order valence-electron chi connectivity index (χ1n) is 28.2. The van der Waals surface area contributed by atoms with Gasteiger partial charge < -0.3 is 14.6 Å². The number of ether oxygens (including phenoxy) is 2. The Morgan fingerprint density at radius 2 is 0.641 bits per heavy atom. The number of rotatable bonds is 52. The predicted octanol–water partition coefficient (Wildman–Crippen LogP) is 18.9. The monoisotopic (exact) mass is 897 g/mol. The number of aliphatic hydroxyl groups excluding tert-OH is 1. The molecule has 0 aliphatic rings. The summed E-state index contributed by atoms with van der Waals surface area (Å²) in [6.07, 6.45) is 72.6. The quantitative estimate of drug-likeness (QED) is 0.0374. The molecule has 1 N–H and O–H groups in total. The van der Waals surface area contributed by atoms with Gasteiger partial charge in [-0.1, -0.05) is 262 Å². The number of unbranched alkanes of at least 4 members (excludes halogenated alkanes) is 36. The highest BCUT2D eigenvalue weighted by Gasteiger charge is 2.16. The normalized spacial score (nSPS) is 12.5. The van der Waals surface area contributed by atoms with Crippen LogP contribution >= 0.6 is 0 Å². The molecule has 0 bridgehead atoms. The van der Waals surface area contributed by atoms with E-state index >= 15 is 0 Å². The van der Waals surface area contributed by atoms with Crippen LogP contribution in [0.1, 0.15) is 296 Å². The Labute approximate surface area is 398 Å². The van der Waals surface area contributed by atoms with E-state index in [0.29, 0.717) is 12.8 Å². The van der Waals surface area contributed by atoms with Crippen molar-refractivity contribution in [2.24, 2.45) is 0 Å². The molecule has 5 nitrogen and oxygen atoms in total. The highest BCUT2D eigenvalue weighted by Crippen LogP contribution is 2.17. The van der Waals surface area contributed by atoms with Crippen LogP contribution in [0.3, 0.4) is 0 Å². The highest BCUT2D eigenvalue weighted by atomic mass is 16.6. The van der Waals surface area contributed by atoms with Gasteiger partial charge in [0, 0.05) is 12.8 Å². The topological polar surface area (TPSA) is 72.8 Å². The predicted molar refractivity (Wildman–Crippen MR) is 279 cm³/mol. The largest absolute Gasteiger partial charge is 0.462 e. The number of hydrogen-bond donors (Lipinski definition) is 1. The van der Waals surface area contributed by atoms with Gasteiger partial charge in [-0.25, -0.2) is 0 Å². The third-order valence-electron chi connectivity index (χ3n) is 12.6. The average Bonchev–Trinajstić information content (AvgIpc) is 3.30. The zero-order valence-electron chi connectivity index (χ0n) is 42.8. The number of carbonyl (C=O) groups excluding carboxylic acids is 2. The first-order chi connectivity index (χ1) is 31.6. The second kappa shape index (κ2) is 55.2. The number of esters is 2. The lowest BCUT2D eigenvalue weighted by Crippen LogP contribution is -2.28. The van der Waals surface area contributed by atoms with E-state index in [1.54, 1.807) is 0 Å². The number of aliphatic hydroxyl groups is 1. The maximum absolute atomic E-state index is 12.3. The lowest BCUT2D eigenvalue weighted by molar-refractivity contribution is -0.161. The molecule has 0 amide bonds. The molecule has 0 rings (SSSR count). The first-order valence-corrected chi connectivity index (χ1v) is 28.2. The Bertz CT molecular complexity index is 1060. The van der Waals surface area contributed by atoms with E-state index in [1.165, 1.54) is 212 Å². The molecule has 0 aromatic heterocycles. The van der Waals surface area contributed by atoms with Crippen LogP contribution in [0.15, 0.2) is 48.6 Å². The molecule has 0 fully saturated rings. The van der Waals surface area contributed by atoms with Crippen LogP contribution in [0, 0.1) is 0 Å².